The van der Waals surface area contributed by atoms with Gasteiger partial charge in [-0.25, -0.2) is 0 Å². The Hall–Kier alpha value is -3.52. The molecule has 1 heterocycles. The van der Waals surface area contributed by atoms with Gasteiger partial charge in [-0.3, -0.25) is 0 Å². The van der Waals surface area contributed by atoms with Gasteiger partial charge in [0, 0.05) is 29.2 Å². The van der Waals surface area contributed by atoms with E-state index in [1.54, 1.807) is 0 Å². The van der Waals surface area contributed by atoms with Crippen LogP contribution in [0.4, 0.5) is 11.4 Å². The van der Waals surface area contributed by atoms with Crippen molar-refractivity contribution in [3.05, 3.63) is 97.1 Å². The van der Waals surface area contributed by atoms with Gasteiger partial charge in [0.25, 0.3) is 0 Å². The molecule has 5 rings (SSSR count). The van der Waals surface area contributed by atoms with E-state index < -0.39 is 0 Å². The molecule has 0 aliphatic heterocycles. The summed E-state index contributed by atoms with van der Waals surface area (Å²) >= 11 is 0. The Balaban J connectivity index is 1.51. The summed E-state index contributed by atoms with van der Waals surface area (Å²) in [4.78, 5) is 2.20. The van der Waals surface area contributed by atoms with Crippen LogP contribution in [0.5, 0.6) is 0 Å². The normalized spacial score (nSPS) is 11.1. The maximum absolute atomic E-state index is 5.94. The summed E-state index contributed by atoms with van der Waals surface area (Å²) in [6, 6.07) is 33.7. The third-order valence-electron chi connectivity index (χ3n) is 5.11. The average molecular weight is 349 g/mol. The molecule has 0 bridgehead atoms. The van der Waals surface area contributed by atoms with Crippen LogP contribution < -0.4 is 4.90 Å². The smallest absolute Gasteiger partial charge is 0.135 e. The van der Waals surface area contributed by atoms with Gasteiger partial charge in [-0.2, -0.15) is 0 Å². The van der Waals surface area contributed by atoms with E-state index in [1.165, 1.54) is 11.1 Å². The van der Waals surface area contributed by atoms with Gasteiger partial charge in [0.1, 0.15) is 11.2 Å². The quantitative estimate of drug-likeness (QED) is 0.348. The van der Waals surface area contributed by atoms with Gasteiger partial charge in [-0.1, -0.05) is 60.7 Å². The topological polar surface area (TPSA) is 16.4 Å². The third kappa shape index (κ3) is 2.76. The number of hydrogen-bond donors (Lipinski definition) is 0. The maximum Gasteiger partial charge on any atom is 0.135 e. The molecule has 0 atom stereocenters. The molecular weight excluding hydrogens is 330 g/mol. The summed E-state index contributed by atoms with van der Waals surface area (Å²) in [5.41, 5.74) is 6.61. The Morgan fingerprint density at radius 3 is 2.00 bits per heavy atom. The molecule has 0 fully saturated rings. The lowest BCUT2D eigenvalue weighted by Crippen LogP contribution is -2.08. The highest BCUT2D eigenvalue weighted by Gasteiger charge is 2.10. The molecule has 5 aromatic rings. The van der Waals surface area contributed by atoms with Crippen molar-refractivity contribution in [2.45, 2.75) is 0 Å². The van der Waals surface area contributed by atoms with E-state index in [2.05, 4.69) is 90.8 Å². The molecule has 1 aromatic heterocycles. The monoisotopic (exact) mass is 349 g/mol. The molecule has 0 aliphatic rings. The van der Waals surface area contributed by atoms with E-state index in [0.29, 0.717) is 0 Å². The predicted octanol–water partition coefficient (Wildman–Crippen LogP) is 7.02. The first-order chi connectivity index (χ1) is 13.3. The number of benzene rings is 4. The van der Waals surface area contributed by atoms with Gasteiger partial charge in [0.2, 0.25) is 0 Å². The number of hydrogen-bond acceptors (Lipinski definition) is 2. The van der Waals surface area contributed by atoms with Crippen LogP contribution in [0.25, 0.3) is 33.1 Å². The maximum atomic E-state index is 5.94. The summed E-state index contributed by atoms with van der Waals surface area (Å²) < 4.78 is 5.94. The van der Waals surface area contributed by atoms with E-state index in [1.807, 2.05) is 18.2 Å². The molecular formula is C25H19NO. The SMILES string of the molecule is CN(c1ccc(-c2ccccc2)cc1)c1ccc2oc3ccccc3c2c1. The van der Waals surface area contributed by atoms with Crippen molar-refractivity contribution in [1.29, 1.82) is 0 Å². The van der Waals surface area contributed by atoms with Gasteiger partial charge in [-0.05, 0) is 47.5 Å². The van der Waals surface area contributed by atoms with Crippen molar-refractivity contribution >= 4 is 33.3 Å². The first-order valence-corrected chi connectivity index (χ1v) is 9.10. The second-order valence-electron chi connectivity index (χ2n) is 6.75. The number of furan rings is 1. The zero-order valence-electron chi connectivity index (χ0n) is 15.1. The average Bonchev–Trinajstić information content (AvgIpc) is 3.12. The van der Waals surface area contributed by atoms with Crippen LogP contribution in [0.15, 0.2) is 101 Å². The van der Waals surface area contributed by atoms with Crippen molar-refractivity contribution in [2.24, 2.45) is 0 Å². The highest BCUT2D eigenvalue weighted by atomic mass is 16.3. The summed E-state index contributed by atoms with van der Waals surface area (Å²) in [6.45, 7) is 0. The molecule has 0 spiro atoms. The van der Waals surface area contributed by atoms with Crippen molar-refractivity contribution in [2.75, 3.05) is 11.9 Å². The van der Waals surface area contributed by atoms with Gasteiger partial charge in [0.05, 0.1) is 0 Å². The number of nitrogens with zero attached hydrogens (tertiary/aromatic N) is 1. The Morgan fingerprint density at radius 2 is 1.19 bits per heavy atom. The van der Waals surface area contributed by atoms with Gasteiger partial charge < -0.3 is 9.32 Å². The highest BCUT2D eigenvalue weighted by Crippen LogP contribution is 2.33. The lowest BCUT2D eigenvalue weighted by atomic mass is 10.1. The summed E-state index contributed by atoms with van der Waals surface area (Å²) in [7, 11) is 2.10. The van der Waals surface area contributed by atoms with Gasteiger partial charge in [0.15, 0.2) is 0 Å². The summed E-state index contributed by atoms with van der Waals surface area (Å²) in [6.07, 6.45) is 0. The van der Waals surface area contributed by atoms with E-state index in [-0.39, 0.29) is 0 Å². The van der Waals surface area contributed by atoms with Crippen molar-refractivity contribution < 1.29 is 4.42 Å². The van der Waals surface area contributed by atoms with Crippen molar-refractivity contribution in [3.8, 4) is 11.1 Å². The van der Waals surface area contributed by atoms with Crippen LogP contribution in [-0.2, 0) is 0 Å². The second kappa shape index (κ2) is 6.33. The molecule has 130 valence electrons. The fourth-order valence-corrected chi connectivity index (χ4v) is 3.58. The molecule has 4 aromatic carbocycles. The Labute approximate surface area is 158 Å². The lowest BCUT2D eigenvalue weighted by Gasteiger charge is -2.20. The lowest BCUT2D eigenvalue weighted by molar-refractivity contribution is 0.669. The largest absolute Gasteiger partial charge is 0.456 e. The molecule has 0 N–H and O–H groups in total. The Morgan fingerprint density at radius 1 is 0.556 bits per heavy atom. The summed E-state index contributed by atoms with van der Waals surface area (Å²) in [5, 5.41) is 2.30. The van der Waals surface area contributed by atoms with Crippen LogP contribution in [0.2, 0.25) is 0 Å². The second-order valence-corrected chi connectivity index (χ2v) is 6.75. The molecule has 0 unspecified atom stereocenters. The molecule has 0 aliphatic carbocycles. The van der Waals surface area contributed by atoms with E-state index >= 15 is 0 Å². The number of rotatable bonds is 3. The molecule has 27 heavy (non-hydrogen) atoms. The van der Waals surface area contributed by atoms with Crippen LogP contribution in [-0.4, -0.2) is 7.05 Å². The van der Waals surface area contributed by atoms with E-state index in [0.717, 1.165) is 33.3 Å². The first-order valence-electron chi connectivity index (χ1n) is 9.10. The molecule has 0 radical (unpaired) electrons. The van der Waals surface area contributed by atoms with Crippen LogP contribution in [0, 0.1) is 0 Å². The van der Waals surface area contributed by atoms with E-state index in [4.69, 9.17) is 4.42 Å². The van der Waals surface area contributed by atoms with E-state index in [9.17, 15) is 0 Å². The molecule has 0 saturated heterocycles. The molecule has 2 nitrogen and oxygen atoms in total. The van der Waals surface area contributed by atoms with Crippen LogP contribution in [0.3, 0.4) is 0 Å². The number of para-hydroxylation sites is 1. The Kier molecular flexibility index (Phi) is 3.68. The first kappa shape index (κ1) is 15.7. The number of anilines is 2. The van der Waals surface area contributed by atoms with Crippen molar-refractivity contribution in [3.63, 3.8) is 0 Å². The zero-order chi connectivity index (χ0) is 18.2. The fraction of sp³-hybridized carbons (Fsp3) is 0.0400. The van der Waals surface area contributed by atoms with Crippen molar-refractivity contribution in [1.82, 2.24) is 0 Å². The van der Waals surface area contributed by atoms with Crippen LogP contribution in [0.1, 0.15) is 0 Å². The molecule has 2 heteroatoms. The third-order valence-corrected chi connectivity index (χ3v) is 5.11. The molecule has 0 amide bonds. The zero-order valence-corrected chi connectivity index (χ0v) is 15.1. The molecule has 0 saturated carbocycles. The minimum atomic E-state index is 0.924. The van der Waals surface area contributed by atoms with Gasteiger partial charge in [-0.15, -0.1) is 0 Å². The van der Waals surface area contributed by atoms with Gasteiger partial charge >= 0.3 is 0 Å². The van der Waals surface area contributed by atoms with Crippen LogP contribution >= 0.6 is 0 Å². The minimum absolute atomic E-state index is 0.924. The fourth-order valence-electron chi connectivity index (χ4n) is 3.58. The number of fused-ring (bicyclic) bond motifs is 3. The highest BCUT2D eigenvalue weighted by molar-refractivity contribution is 6.06. The summed E-state index contributed by atoms with van der Waals surface area (Å²) in [5.74, 6) is 0. The Bertz CT molecular complexity index is 1220. The standard InChI is InChI=1S/C25H19NO/c1-26(20-13-11-19(12-14-20)18-7-3-2-4-8-18)21-15-16-25-23(17-21)22-9-5-6-10-24(22)27-25/h2-17H,1H3. The minimum Gasteiger partial charge on any atom is -0.456 e. The predicted molar refractivity (Wildman–Crippen MR) is 114 cm³/mol.